The molecule has 2 aliphatic rings. The fourth-order valence-corrected chi connectivity index (χ4v) is 4.11. The summed E-state index contributed by atoms with van der Waals surface area (Å²) in [6.45, 7) is 3.12. The van der Waals surface area contributed by atoms with Gasteiger partial charge in [0.25, 0.3) is 0 Å². The van der Waals surface area contributed by atoms with Gasteiger partial charge in [-0.2, -0.15) is 0 Å². The molecular formula is C18H28N2. The van der Waals surface area contributed by atoms with Gasteiger partial charge in [0.1, 0.15) is 0 Å². The van der Waals surface area contributed by atoms with Crippen LogP contribution in [0.5, 0.6) is 0 Å². The first-order valence-electron chi connectivity index (χ1n) is 8.36. The van der Waals surface area contributed by atoms with Crippen molar-refractivity contribution in [2.24, 2.45) is 5.73 Å². The van der Waals surface area contributed by atoms with E-state index < -0.39 is 0 Å². The maximum atomic E-state index is 6.27. The molecule has 1 fully saturated rings. The lowest BCUT2D eigenvalue weighted by molar-refractivity contribution is 0.0539. The second-order valence-corrected chi connectivity index (χ2v) is 6.64. The molecule has 0 amide bonds. The van der Waals surface area contributed by atoms with Crippen molar-refractivity contribution in [3.8, 4) is 0 Å². The van der Waals surface area contributed by atoms with Crippen molar-refractivity contribution < 1.29 is 0 Å². The molecule has 3 rings (SSSR count). The third-order valence-electron chi connectivity index (χ3n) is 5.47. The zero-order valence-electron chi connectivity index (χ0n) is 12.6. The van der Waals surface area contributed by atoms with Crippen LogP contribution < -0.4 is 5.73 Å². The van der Waals surface area contributed by atoms with E-state index in [0.717, 1.165) is 13.1 Å². The van der Waals surface area contributed by atoms with Crippen LogP contribution in [0.4, 0.5) is 0 Å². The van der Waals surface area contributed by atoms with Crippen LogP contribution in [-0.4, -0.2) is 23.5 Å². The highest BCUT2D eigenvalue weighted by Gasteiger charge is 2.36. The third kappa shape index (κ3) is 2.77. The Kier molecular flexibility index (Phi) is 4.42. The van der Waals surface area contributed by atoms with Gasteiger partial charge < -0.3 is 5.73 Å². The molecule has 0 saturated heterocycles. The second kappa shape index (κ2) is 6.28. The highest BCUT2D eigenvalue weighted by Crippen LogP contribution is 2.34. The number of rotatable bonds is 2. The van der Waals surface area contributed by atoms with Gasteiger partial charge in [0.05, 0.1) is 0 Å². The van der Waals surface area contributed by atoms with Gasteiger partial charge in [0.15, 0.2) is 0 Å². The molecule has 0 bridgehead atoms. The summed E-state index contributed by atoms with van der Waals surface area (Å²) in [6, 6.07) is 8.94. The summed E-state index contributed by atoms with van der Waals surface area (Å²) < 4.78 is 0. The van der Waals surface area contributed by atoms with E-state index in [2.05, 4.69) is 29.2 Å². The minimum Gasteiger partial charge on any atom is -0.329 e. The van der Waals surface area contributed by atoms with Gasteiger partial charge in [-0.05, 0) is 30.4 Å². The Morgan fingerprint density at radius 1 is 0.950 bits per heavy atom. The van der Waals surface area contributed by atoms with E-state index in [1.54, 1.807) is 5.56 Å². The van der Waals surface area contributed by atoms with E-state index in [0.29, 0.717) is 0 Å². The van der Waals surface area contributed by atoms with Crippen molar-refractivity contribution in [2.45, 2.75) is 63.5 Å². The lowest BCUT2D eigenvalue weighted by Crippen LogP contribution is -2.55. The van der Waals surface area contributed by atoms with Crippen LogP contribution in [0.1, 0.15) is 56.1 Å². The Balaban J connectivity index is 1.79. The molecule has 2 N–H and O–H groups in total. The molecule has 2 nitrogen and oxygen atoms in total. The normalized spacial score (nSPS) is 23.6. The smallest absolute Gasteiger partial charge is 0.0335 e. The monoisotopic (exact) mass is 272 g/mol. The van der Waals surface area contributed by atoms with Crippen molar-refractivity contribution in [3.63, 3.8) is 0 Å². The Morgan fingerprint density at radius 3 is 2.30 bits per heavy atom. The van der Waals surface area contributed by atoms with Gasteiger partial charge >= 0.3 is 0 Å². The van der Waals surface area contributed by atoms with E-state index in [1.807, 2.05) is 0 Å². The van der Waals surface area contributed by atoms with E-state index in [9.17, 15) is 0 Å². The molecule has 0 atom stereocenters. The summed E-state index contributed by atoms with van der Waals surface area (Å²) in [7, 11) is 0. The Bertz CT molecular complexity index is 433. The Hall–Kier alpha value is -0.860. The fraction of sp³-hybridized carbons (Fsp3) is 0.667. The molecular weight excluding hydrogens is 244 g/mol. The number of hydrogen-bond donors (Lipinski definition) is 1. The summed E-state index contributed by atoms with van der Waals surface area (Å²) in [4.78, 5) is 2.71. The Morgan fingerprint density at radius 2 is 1.60 bits per heavy atom. The molecule has 1 aromatic carbocycles. The average molecular weight is 272 g/mol. The predicted octanol–water partition coefficient (Wildman–Crippen LogP) is 3.49. The summed E-state index contributed by atoms with van der Waals surface area (Å²) in [6.07, 6.45) is 10.7. The molecule has 1 saturated carbocycles. The standard InChI is InChI=1S/C18H28N2/c19-15-18(11-6-2-1-3-7-12-18)20-13-10-16-8-4-5-9-17(16)14-20/h4-5,8-9H,1-3,6-7,10-15,19H2. The molecule has 2 heteroatoms. The van der Waals surface area contributed by atoms with Crippen LogP contribution in [0.25, 0.3) is 0 Å². The van der Waals surface area contributed by atoms with Crippen molar-refractivity contribution in [1.29, 1.82) is 0 Å². The minimum atomic E-state index is 0.272. The van der Waals surface area contributed by atoms with Crippen molar-refractivity contribution >= 4 is 0 Å². The van der Waals surface area contributed by atoms with Gasteiger partial charge in [-0.25, -0.2) is 0 Å². The molecule has 110 valence electrons. The van der Waals surface area contributed by atoms with Crippen LogP contribution in [-0.2, 0) is 13.0 Å². The summed E-state index contributed by atoms with van der Waals surface area (Å²) >= 11 is 0. The van der Waals surface area contributed by atoms with Gasteiger partial charge in [-0.3, -0.25) is 4.90 Å². The molecule has 0 spiro atoms. The average Bonchev–Trinajstić information content (AvgIpc) is 2.47. The maximum absolute atomic E-state index is 6.27. The van der Waals surface area contributed by atoms with Gasteiger partial charge in [0, 0.05) is 25.2 Å². The topological polar surface area (TPSA) is 29.3 Å². The van der Waals surface area contributed by atoms with Crippen molar-refractivity contribution in [1.82, 2.24) is 4.90 Å². The van der Waals surface area contributed by atoms with Gasteiger partial charge in [0.2, 0.25) is 0 Å². The number of hydrogen-bond acceptors (Lipinski definition) is 2. The maximum Gasteiger partial charge on any atom is 0.0335 e. The molecule has 1 heterocycles. The number of benzene rings is 1. The first-order chi connectivity index (χ1) is 9.84. The molecule has 1 aliphatic carbocycles. The molecule has 0 radical (unpaired) electrons. The van der Waals surface area contributed by atoms with Crippen LogP contribution >= 0.6 is 0 Å². The van der Waals surface area contributed by atoms with E-state index in [-0.39, 0.29) is 5.54 Å². The highest BCUT2D eigenvalue weighted by molar-refractivity contribution is 5.29. The number of nitrogens with two attached hydrogens (primary N) is 1. The van der Waals surface area contributed by atoms with Crippen LogP contribution in [0.15, 0.2) is 24.3 Å². The third-order valence-corrected chi connectivity index (χ3v) is 5.47. The summed E-state index contributed by atoms with van der Waals surface area (Å²) in [5.74, 6) is 0. The number of nitrogens with zero attached hydrogens (tertiary/aromatic N) is 1. The summed E-state index contributed by atoms with van der Waals surface area (Å²) in [5, 5.41) is 0. The van der Waals surface area contributed by atoms with E-state index in [4.69, 9.17) is 5.73 Å². The SMILES string of the molecule is NCC1(N2CCc3ccccc3C2)CCCCCCC1. The van der Waals surface area contributed by atoms with Gasteiger partial charge in [-0.1, -0.05) is 56.4 Å². The molecule has 0 aromatic heterocycles. The zero-order chi connectivity index (χ0) is 13.8. The molecule has 1 aromatic rings. The van der Waals surface area contributed by atoms with Crippen LogP contribution in [0.2, 0.25) is 0 Å². The zero-order valence-corrected chi connectivity index (χ0v) is 12.6. The number of fused-ring (bicyclic) bond motifs is 1. The lowest BCUT2D eigenvalue weighted by atomic mass is 9.81. The first-order valence-corrected chi connectivity index (χ1v) is 8.36. The Labute approximate surface area is 123 Å². The van der Waals surface area contributed by atoms with E-state index >= 15 is 0 Å². The fourth-order valence-electron chi connectivity index (χ4n) is 4.11. The molecule has 1 aliphatic heterocycles. The summed E-state index contributed by atoms with van der Waals surface area (Å²) in [5.41, 5.74) is 9.60. The van der Waals surface area contributed by atoms with Crippen LogP contribution in [0, 0.1) is 0 Å². The highest BCUT2D eigenvalue weighted by atomic mass is 15.2. The largest absolute Gasteiger partial charge is 0.329 e. The second-order valence-electron chi connectivity index (χ2n) is 6.64. The molecule has 20 heavy (non-hydrogen) atoms. The van der Waals surface area contributed by atoms with E-state index in [1.165, 1.54) is 63.5 Å². The minimum absolute atomic E-state index is 0.272. The quantitative estimate of drug-likeness (QED) is 0.893. The van der Waals surface area contributed by atoms with Crippen LogP contribution in [0.3, 0.4) is 0 Å². The molecule has 0 unspecified atom stereocenters. The van der Waals surface area contributed by atoms with Gasteiger partial charge in [-0.15, -0.1) is 0 Å². The van der Waals surface area contributed by atoms with Crippen molar-refractivity contribution in [2.75, 3.05) is 13.1 Å². The predicted molar refractivity (Wildman–Crippen MR) is 84.7 cm³/mol. The lowest BCUT2D eigenvalue weighted by Gasteiger charge is -2.47. The first kappa shape index (κ1) is 14.1. The van der Waals surface area contributed by atoms with Crippen molar-refractivity contribution in [3.05, 3.63) is 35.4 Å².